The van der Waals surface area contributed by atoms with Crippen molar-refractivity contribution in [3.05, 3.63) is 35.4 Å². The van der Waals surface area contributed by atoms with Crippen molar-refractivity contribution in [2.45, 2.75) is 44.9 Å². The molecule has 0 bridgehead atoms. The molecule has 0 radical (unpaired) electrons. The monoisotopic (exact) mass is 391 g/mol. The number of nitrogens with one attached hydrogen (secondary N) is 1. The highest BCUT2D eigenvalue weighted by Crippen LogP contribution is 2.13. The first-order valence-electron chi connectivity index (χ1n) is 8.51. The molecule has 1 heterocycles. The van der Waals surface area contributed by atoms with Crippen LogP contribution >= 0.6 is 24.8 Å². The van der Waals surface area contributed by atoms with Crippen molar-refractivity contribution in [3.63, 3.8) is 0 Å². The lowest BCUT2D eigenvalue weighted by molar-refractivity contribution is -0.123. The van der Waals surface area contributed by atoms with Gasteiger partial charge in [-0.1, -0.05) is 30.7 Å². The van der Waals surface area contributed by atoms with Crippen molar-refractivity contribution in [1.29, 1.82) is 0 Å². The van der Waals surface area contributed by atoms with Crippen LogP contribution in [0.25, 0.3) is 0 Å². The van der Waals surface area contributed by atoms with Gasteiger partial charge in [0.25, 0.3) is 0 Å². The van der Waals surface area contributed by atoms with Crippen LogP contribution in [-0.4, -0.2) is 43.7 Å². The summed E-state index contributed by atoms with van der Waals surface area (Å²) in [7, 11) is 1.58. The van der Waals surface area contributed by atoms with Crippen LogP contribution in [0.15, 0.2) is 24.3 Å². The SMILES string of the molecule is COC(CN)CC(=O)NCc1ccc(CN2CCCCC2)cc1.Cl.Cl. The van der Waals surface area contributed by atoms with Gasteiger partial charge in [0.15, 0.2) is 0 Å². The predicted octanol–water partition coefficient (Wildman–Crippen LogP) is 2.50. The topological polar surface area (TPSA) is 67.6 Å². The van der Waals surface area contributed by atoms with E-state index in [0.29, 0.717) is 19.5 Å². The Morgan fingerprint density at radius 2 is 1.76 bits per heavy atom. The second kappa shape index (κ2) is 13.4. The number of benzene rings is 1. The summed E-state index contributed by atoms with van der Waals surface area (Å²) in [5, 5.41) is 2.91. The molecule has 1 saturated heterocycles. The molecule has 0 aromatic heterocycles. The molecule has 0 saturated carbocycles. The number of ether oxygens (including phenoxy) is 1. The molecule has 2 rings (SSSR count). The fourth-order valence-corrected chi connectivity index (χ4v) is 2.88. The summed E-state index contributed by atoms with van der Waals surface area (Å²) >= 11 is 0. The number of halogens is 2. The first-order chi connectivity index (χ1) is 11.2. The van der Waals surface area contributed by atoms with Gasteiger partial charge in [-0.25, -0.2) is 0 Å². The molecule has 1 aliphatic rings. The average molecular weight is 392 g/mol. The van der Waals surface area contributed by atoms with E-state index in [1.807, 2.05) is 0 Å². The van der Waals surface area contributed by atoms with E-state index in [1.165, 1.54) is 37.9 Å². The normalized spacial score (nSPS) is 15.6. The van der Waals surface area contributed by atoms with Gasteiger partial charge >= 0.3 is 0 Å². The molecule has 25 heavy (non-hydrogen) atoms. The summed E-state index contributed by atoms with van der Waals surface area (Å²) in [6.45, 7) is 4.34. The minimum atomic E-state index is -0.207. The molecule has 1 unspecified atom stereocenters. The van der Waals surface area contributed by atoms with Crippen LogP contribution in [0.1, 0.15) is 36.8 Å². The van der Waals surface area contributed by atoms with Crippen molar-refractivity contribution >= 4 is 30.7 Å². The molecule has 1 atom stereocenters. The maximum absolute atomic E-state index is 11.8. The predicted molar refractivity (Wildman–Crippen MR) is 106 cm³/mol. The van der Waals surface area contributed by atoms with Crippen molar-refractivity contribution in [2.24, 2.45) is 5.73 Å². The second-order valence-corrected chi connectivity index (χ2v) is 6.23. The van der Waals surface area contributed by atoms with Crippen LogP contribution in [0.5, 0.6) is 0 Å². The molecule has 0 aliphatic carbocycles. The maximum Gasteiger partial charge on any atom is 0.222 e. The number of hydrogen-bond acceptors (Lipinski definition) is 4. The van der Waals surface area contributed by atoms with Gasteiger partial charge in [0, 0.05) is 26.7 Å². The minimum absolute atomic E-state index is 0. The Morgan fingerprint density at radius 1 is 1.16 bits per heavy atom. The molecule has 1 aromatic rings. The number of nitrogens with two attached hydrogens (primary N) is 1. The fraction of sp³-hybridized carbons (Fsp3) is 0.611. The van der Waals surface area contributed by atoms with Gasteiger partial charge in [0.2, 0.25) is 5.91 Å². The first kappa shape index (κ1) is 24.1. The number of carbonyl (C=O) groups is 1. The third kappa shape index (κ3) is 8.88. The highest BCUT2D eigenvalue weighted by Gasteiger charge is 2.12. The molecule has 5 nitrogen and oxygen atoms in total. The molecule has 1 aliphatic heterocycles. The molecule has 1 amide bonds. The Balaban J connectivity index is 0.00000288. The van der Waals surface area contributed by atoms with E-state index in [4.69, 9.17) is 10.5 Å². The molecule has 1 fully saturated rings. The van der Waals surface area contributed by atoms with Crippen LogP contribution in [0.3, 0.4) is 0 Å². The van der Waals surface area contributed by atoms with E-state index in [9.17, 15) is 4.79 Å². The lowest BCUT2D eigenvalue weighted by Gasteiger charge is -2.26. The minimum Gasteiger partial charge on any atom is -0.380 e. The summed E-state index contributed by atoms with van der Waals surface area (Å²) < 4.78 is 5.12. The van der Waals surface area contributed by atoms with Gasteiger partial charge in [0.1, 0.15) is 0 Å². The van der Waals surface area contributed by atoms with E-state index in [2.05, 4.69) is 34.5 Å². The number of amides is 1. The Labute approximate surface area is 163 Å². The Hall–Kier alpha value is -0.850. The Kier molecular flexibility index (Phi) is 12.9. The summed E-state index contributed by atoms with van der Waals surface area (Å²) in [5.41, 5.74) is 7.97. The zero-order valence-electron chi connectivity index (χ0n) is 14.9. The summed E-state index contributed by atoms with van der Waals surface area (Å²) in [5.74, 6) is -0.0281. The number of hydrogen-bond donors (Lipinski definition) is 2. The van der Waals surface area contributed by atoms with E-state index < -0.39 is 0 Å². The van der Waals surface area contributed by atoms with E-state index in [-0.39, 0.29) is 36.8 Å². The number of carbonyl (C=O) groups excluding carboxylic acids is 1. The van der Waals surface area contributed by atoms with Crippen molar-refractivity contribution in [2.75, 3.05) is 26.7 Å². The maximum atomic E-state index is 11.8. The third-order valence-corrected chi connectivity index (χ3v) is 4.38. The average Bonchev–Trinajstić information content (AvgIpc) is 2.60. The number of piperidine rings is 1. The van der Waals surface area contributed by atoms with Gasteiger partial charge < -0.3 is 15.8 Å². The van der Waals surface area contributed by atoms with Gasteiger partial charge in [-0.05, 0) is 37.1 Å². The number of nitrogens with zero attached hydrogens (tertiary/aromatic N) is 1. The van der Waals surface area contributed by atoms with Gasteiger partial charge in [-0.3, -0.25) is 9.69 Å². The second-order valence-electron chi connectivity index (χ2n) is 6.23. The lowest BCUT2D eigenvalue weighted by Crippen LogP contribution is -2.31. The Bertz CT molecular complexity index is 476. The largest absolute Gasteiger partial charge is 0.380 e. The molecule has 7 heteroatoms. The molecule has 144 valence electrons. The van der Waals surface area contributed by atoms with Crippen LogP contribution in [0.4, 0.5) is 0 Å². The van der Waals surface area contributed by atoms with Gasteiger partial charge in [0.05, 0.1) is 12.5 Å². The highest BCUT2D eigenvalue weighted by molar-refractivity contribution is 5.85. The van der Waals surface area contributed by atoms with E-state index in [1.54, 1.807) is 7.11 Å². The zero-order valence-corrected chi connectivity index (χ0v) is 16.5. The van der Waals surface area contributed by atoms with Gasteiger partial charge in [-0.15, -0.1) is 24.8 Å². The summed E-state index contributed by atoms with van der Waals surface area (Å²) in [6.07, 6.45) is 4.09. The number of methoxy groups -OCH3 is 1. The molecular weight excluding hydrogens is 361 g/mol. The summed E-state index contributed by atoms with van der Waals surface area (Å²) in [6, 6.07) is 8.51. The molecule has 3 N–H and O–H groups in total. The zero-order chi connectivity index (χ0) is 16.5. The van der Waals surface area contributed by atoms with Crippen LogP contribution in [-0.2, 0) is 22.6 Å². The molecule has 1 aromatic carbocycles. The smallest absolute Gasteiger partial charge is 0.222 e. The van der Waals surface area contributed by atoms with Crippen molar-refractivity contribution < 1.29 is 9.53 Å². The van der Waals surface area contributed by atoms with E-state index >= 15 is 0 Å². The lowest BCUT2D eigenvalue weighted by atomic mass is 10.1. The molecule has 0 spiro atoms. The van der Waals surface area contributed by atoms with Gasteiger partial charge in [-0.2, -0.15) is 0 Å². The Morgan fingerprint density at radius 3 is 2.32 bits per heavy atom. The quantitative estimate of drug-likeness (QED) is 0.714. The van der Waals surface area contributed by atoms with Crippen LogP contribution < -0.4 is 11.1 Å². The van der Waals surface area contributed by atoms with Crippen molar-refractivity contribution in [3.8, 4) is 0 Å². The summed E-state index contributed by atoms with van der Waals surface area (Å²) in [4.78, 5) is 14.3. The number of rotatable bonds is 8. The first-order valence-corrected chi connectivity index (χ1v) is 8.51. The van der Waals surface area contributed by atoms with Crippen LogP contribution in [0.2, 0.25) is 0 Å². The standard InChI is InChI=1S/C18H29N3O2.2ClH/c1-23-17(12-19)11-18(22)20-13-15-5-7-16(8-6-15)14-21-9-3-2-4-10-21;;/h5-8,17H,2-4,9-14,19H2,1H3,(H,20,22);2*1H. The third-order valence-electron chi connectivity index (χ3n) is 4.38. The number of likely N-dealkylation sites (tertiary alicyclic amines) is 1. The van der Waals surface area contributed by atoms with Crippen LogP contribution in [0, 0.1) is 0 Å². The van der Waals surface area contributed by atoms with Crippen molar-refractivity contribution in [1.82, 2.24) is 10.2 Å². The molecular formula is C18H31Cl2N3O2. The fourth-order valence-electron chi connectivity index (χ4n) is 2.88. The van der Waals surface area contributed by atoms with E-state index in [0.717, 1.165) is 12.1 Å². The highest BCUT2D eigenvalue weighted by atomic mass is 35.5.